The maximum atomic E-state index is 12.3. The van der Waals surface area contributed by atoms with E-state index in [1.165, 1.54) is 5.56 Å². The molecule has 0 fully saturated rings. The highest BCUT2D eigenvalue weighted by Gasteiger charge is 2.08. The molecular formula is C19H20N4O3. The van der Waals surface area contributed by atoms with E-state index in [1.807, 2.05) is 31.2 Å². The molecule has 0 amide bonds. The molecule has 0 aliphatic rings. The van der Waals surface area contributed by atoms with Gasteiger partial charge in [0.15, 0.2) is 11.5 Å². The van der Waals surface area contributed by atoms with Crippen LogP contribution in [0.15, 0.2) is 47.3 Å². The van der Waals surface area contributed by atoms with Gasteiger partial charge in [0.25, 0.3) is 5.56 Å². The van der Waals surface area contributed by atoms with Crippen molar-refractivity contribution in [3.05, 3.63) is 69.6 Å². The topological polar surface area (TPSA) is 89.1 Å². The van der Waals surface area contributed by atoms with Gasteiger partial charge in [-0.3, -0.25) is 9.78 Å². The largest absolute Gasteiger partial charge is 0.493 e. The molecule has 2 aromatic carbocycles. The number of benzene rings is 2. The van der Waals surface area contributed by atoms with Crippen LogP contribution < -0.4 is 20.3 Å². The van der Waals surface area contributed by atoms with Crippen LogP contribution in [0.4, 0.5) is 11.6 Å². The maximum Gasteiger partial charge on any atom is 0.274 e. The van der Waals surface area contributed by atoms with Gasteiger partial charge in [-0.2, -0.15) is 0 Å². The molecule has 0 spiro atoms. The third kappa shape index (κ3) is 4.00. The number of aromatic amines is 1. The van der Waals surface area contributed by atoms with Crippen molar-refractivity contribution in [1.29, 1.82) is 0 Å². The minimum atomic E-state index is -0.274. The normalized spacial score (nSPS) is 10.4. The fourth-order valence-electron chi connectivity index (χ4n) is 2.48. The highest BCUT2D eigenvalue weighted by Crippen LogP contribution is 2.30. The lowest BCUT2D eigenvalue weighted by atomic mass is 10.1. The number of nitrogens with zero attached hydrogens (tertiary/aromatic N) is 2. The van der Waals surface area contributed by atoms with Crippen LogP contribution in [0.25, 0.3) is 0 Å². The summed E-state index contributed by atoms with van der Waals surface area (Å²) in [6.07, 6.45) is 0.430. The second-order valence-corrected chi connectivity index (χ2v) is 5.81. The van der Waals surface area contributed by atoms with Crippen molar-refractivity contribution >= 4 is 11.6 Å². The summed E-state index contributed by atoms with van der Waals surface area (Å²) >= 11 is 0. The number of ether oxygens (including phenoxy) is 2. The molecule has 7 nitrogen and oxygen atoms in total. The zero-order valence-electron chi connectivity index (χ0n) is 14.9. The van der Waals surface area contributed by atoms with Crippen LogP contribution in [-0.2, 0) is 6.42 Å². The maximum absolute atomic E-state index is 12.3. The number of hydrogen-bond donors (Lipinski definition) is 2. The van der Waals surface area contributed by atoms with E-state index in [4.69, 9.17) is 9.47 Å². The highest BCUT2D eigenvalue weighted by molar-refractivity contribution is 5.59. The number of methoxy groups -OCH3 is 2. The Morgan fingerprint density at radius 1 is 1.00 bits per heavy atom. The molecule has 0 aliphatic carbocycles. The van der Waals surface area contributed by atoms with E-state index in [0.717, 1.165) is 5.56 Å². The zero-order valence-corrected chi connectivity index (χ0v) is 14.9. The van der Waals surface area contributed by atoms with E-state index < -0.39 is 0 Å². The average Bonchev–Trinajstić information content (AvgIpc) is 2.65. The molecule has 3 aromatic rings. The van der Waals surface area contributed by atoms with Crippen molar-refractivity contribution in [2.75, 3.05) is 19.5 Å². The van der Waals surface area contributed by atoms with Gasteiger partial charge >= 0.3 is 0 Å². The average molecular weight is 352 g/mol. The molecule has 0 aliphatic heterocycles. The predicted octanol–water partition coefficient (Wildman–Crippen LogP) is 2.82. The molecule has 3 rings (SSSR count). The molecule has 0 bridgehead atoms. The molecule has 1 aromatic heterocycles. The lowest BCUT2D eigenvalue weighted by Gasteiger charge is -2.10. The Labute approximate surface area is 151 Å². The Morgan fingerprint density at radius 2 is 1.73 bits per heavy atom. The fraction of sp³-hybridized carbons (Fsp3) is 0.211. The van der Waals surface area contributed by atoms with Gasteiger partial charge in [0.1, 0.15) is 5.69 Å². The van der Waals surface area contributed by atoms with Crippen molar-refractivity contribution in [2.24, 2.45) is 0 Å². The molecule has 0 saturated carbocycles. The van der Waals surface area contributed by atoms with E-state index in [9.17, 15) is 4.79 Å². The smallest absolute Gasteiger partial charge is 0.274 e. The van der Waals surface area contributed by atoms with Crippen LogP contribution in [0.2, 0.25) is 0 Å². The SMILES string of the molecule is COc1ccc(Nc2nnc(Cc3ccc(C)cc3)c(=O)[nH]2)cc1OC. The van der Waals surface area contributed by atoms with E-state index in [1.54, 1.807) is 32.4 Å². The summed E-state index contributed by atoms with van der Waals surface area (Å²) in [6, 6.07) is 13.3. The van der Waals surface area contributed by atoms with Crippen LogP contribution >= 0.6 is 0 Å². The second kappa shape index (κ2) is 7.69. The number of H-pyrrole nitrogens is 1. The number of nitrogens with one attached hydrogen (secondary N) is 2. The summed E-state index contributed by atoms with van der Waals surface area (Å²) in [5.41, 5.74) is 2.97. The lowest BCUT2D eigenvalue weighted by Crippen LogP contribution is -2.18. The summed E-state index contributed by atoms with van der Waals surface area (Å²) in [5, 5.41) is 11.1. The molecule has 1 heterocycles. The molecule has 0 unspecified atom stereocenters. The molecule has 0 saturated heterocycles. The Kier molecular flexibility index (Phi) is 5.17. The van der Waals surface area contributed by atoms with Gasteiger partial charge < -0.3 is 14.8 Å². The van der Waals surface area contributed by atoms with Crippen LogP contribution in [0.3, 0.4) is 0 Å². The van der Waals surface area contributed by atoms with Gasteiger partial charge in [-0.1, -0.05) is 29.8 Å². The first-order valence-corrected chi connectivity index (χ1v) is 8.09. The molecule has 7 heteroatoms. The van der Waals surface area contributed by atoms with Gasteiger partial charge in [0, 0.05) is 18.2 Å². The number of anilines is 2. The number of aromatic nitrogens is 3. The summed E-state index contributed by atoms with van der Waals surface area (Å²) < 4.78 is 10.5. The third-order valence-corrected chi connectivity index (χ3v) is 3.90. The van der Waals surface area contributed by atoms with Gasteiger partial charge in [-0.25, -0.2) is 0 Å². The second-order valence-electron chi connectivity index (χ2n) is 5.81. The van der Waals surface area contributed by atoms with E-state index in [2.05, 4.69) is 20.5 Å². The first-order chi connectivity index (χ1) is 12.6. The third-order valence-electron chi connectivity index (χ3n) is 3.90. The highest BCUT2D eigenvalue weighted by atomic mass is 16.5. The van der Waals surface area contributed by atoms with Crippen molar-refractivity contribution in [3.8, 4) is 11.5 Å². The Morgan fingerprint density at radius 3 is 2.38 bits per heavy atom. The molecule has 26 heavy (non-hydrogen) atoms. The summed E-state index contributed by atoms with van der Waals surface area (Å²) in [4.78, 5) is 15.0. The summed E-state index contributed by atoms with van der Waals surface area (Å²) in [5.74, 6) is 1.45. The Bertz CT molecular complexity index is 952. The minimum Gasteiger partial charge on any atom is -0.493 e. The zero-order chi connectivity index (χ0) is 18.5. The van der Waals surface area contributed by atoms with Crippen molar-refractivity contribution in [1.82, 2.24) is 15.2 Å². The van der Waals surface area contributed by atoms with Gasteiger partial charge in [-0.05, 0) is 24.6 Å². The summed E-state index contributed by atoms with van der Waals surface area (Å²) in [6.45, 7) is 2.02. The van der Waals surface area contributed by atoms with Gasteiger partial charge in [-0.15, -0.1) is 10.2 Å². The predicted molar refractivity (Wildman–Crippen MR) is 99.5 cm³/mol. The molecule has 0 atom stereocenters. The fourth-order valence-corrected chi connectivity index (χ4v) is 2.48. The molecule has 2 N–H and O–H groups in total. The van der Waals surface area contributed by atoms with Gasteiger partial charge in [0.2, 0.25) is 5.95 Å². The van der Waals surface area contributed by atoms with Crippen LogP contribution in [0.5, 0.6) is 11.5 Å². The van der Waals surface area contributed by atoms with Crippen molar-refractivity contribution in [2.45, 2.75) is 13.3 Å². The van der Waals surface area contributed by atoms with Crippen molar-refractivity contribution < 1.29 is 9.47 Å². The minimum absolute atomic E-state index is 0.259. The first kappa shape index (κ1) is 17.5. The molecule has 0 radical (unpaired) electrons. The number of rotatable bonds is 6. The number of hydrogen-bond acceptors (Lipinski definition) is 6. The monoisotopic (exact) mass is 352 g/mol. The first-order valence-electron chi connectivity index (χ1n) is 8.09. The van der Waals surface area contributed by atoms with E-state index >= 15 is 0 Å². The standard InChI is InChI=1S/C19H20N4O3/c1-12-4-6-13(7-5-12)10-15-18(24)21-19(23-22-15)20-14-8-9-16(25-2)17(11-14)26-3/h4-9,11H,10H2,1-3H3,(H2,20,21,23,24). The van der Waals surface area contributed by atoms with Crippen molar-refractivity contribution in [3.63, 3.8) is 0 Å². The van der Waals surface area contributed by atoms with E-state index in [0.29, 0.717) is 29.3 Å². The Hall–Kier alpha value is -3.35. The molecule has 134 valence electrons. The number of aryl methyl sites for hydroxylation is 1. The van der Waals surface area contributed by atoms with Crippen LogP contribution in [0.1, 0.15) is 16.8 Å². The van der Waals surface area contributed by atoms with Crippen LogP contribution in [0, 0.1) is 6.92 Å². The summed E-state index contributed by atoms with van der Waals surface area (Å²) in [7, 11) is 3.13. The van der Waals surface area contributed by atoms with E-state index in [-0.39, 0.29) is 11.5 Å². The Balaban J connectivity index is 1.77. The van der Waals surface area contributed by atoms with Gasteiger partial charge in [0.05, 0.1) is 14.2 Å². The molecular weight excluding hydrogens is 332 g/mol. The van der Waals surface area contributed by atoms with Crippen LogP contribution in [-0.4, -0.2) is 29.4 Å². The quantitative estimate of drug-likeness (QED) is 0.709. The lowest BCUT2D eigenvalue weighted by molar-refractivity contribution is 0.355.